The molecule has 1 atom stereocenters. The van der Waals surface area contributed by atoms with E-state index in [1.807, 2.05) is 46.4 Å². The van der Waals surface area contributed by atoms with Crippen LogP contribution in [0.3, 0.4) is 0 Å². The van der Waals surface area contributed by atoms with Crippen LogP contribution in [0.5, 0.6) is 0 Å². The Labute approximate surface area is 178 Å². The normalized spacial score (nSPS) is 19.9. The highest BCUT2D eigenvalue weighted by molar-refractivity contribution is 5.77. The maximum atomic E-state index is 12.4. The van der Waals surface area contributed by atoms with E-state index in [2.05, 4.69) is 10.3 Å². The van der Waals surface area contributed by atoms with E-state index in [4.69, 9.17) is 14.5 Å². The van der Waals surface area contributed by atoms with Crippen LogP contribution in [0.15, 0.2) is 6.20 Å². The van der Waals surface area contributed by atoms with Crippen LogP contribution >= 0.6 is 0 Å². The van der Waals surface area contributed by atoms with Crippen LogP contribution in [-0.4, -0.2) is 70.4 Å². The fourth-order valence-electron chi connectivity index (χ4n) is 3.40. The van der Waals surface area contributed by atoms with E-state index in [0.29, 0.717) is 45.1 Å². The van der Waals surface area contributed by atoms with E-state index in [0.717, 1.165) is 11.3 Å². The molecule has 1 N–H and O–H groups in total. The second-order valence-corrected chi connectivity index (χ2v) is 9.78. The molecule has 3 heterocycles. The predicted octanol–water partition coefficient (Wildman–Crippen LogP) is 1.89. The van der Waals surface area contributed by atoms with Gasteiger partial charge in [0.1, 0.15) is 17.2 Å². The minimum atomic E-state index is -0.524. The highest BCUT2D eigenvalue weighted by Gasteiger charge is 2.32. The van der Waals surface area contributed by atoms with Gasteiger partial charge in [0, 0.05) is 44.4 Å². The summed E-state index contributed by atoms with van der Waals surface area (Å²) in [6.07, 6.45) is 2.10. The van der Waals surface area contributed by atoms with Crippen LogP contribution in [0, 0.1) is 0 Å². The average molecular weight is 420 g/mol. The van der Waals surface area contributed by atoms with Crippen LogP contribution in [0.2, 0.25) is 0 Å². The molecule has 0 spiro atoms. The number of nitrogens with zero attached hydrogens (tertiary/aromatic N) is 4. The lowest BCUT2D eigenvalue weighted by Gasteiger charge is -2.35. The van der Waals surface area contributed by atoms with Gasteiger partial charge in [0.15, 0.2) is 0 Å². The van der Waals surface area contributed by atoms with Gasteiger partial charge in [-0.05, 0) is 41.5 Å². The van der Waals surface area contributed by atoms with Gasteiger partial charge in [0.2, 0.25) is 5.95 Å². The van der Waals surface area contributed by atoms with Gasteiger partial charge in [-0.3, -0.25) is 4.79 Å². The standard InChI is InChI=1S/C21H33N5O4/c1-20(2,3)29-17(27)16-13-25(10-8-22-16)18-23-11-14-12-26(9-7-15(14)24-18)19(28)30-21(4,5)6/h11,16,22H,7-10,12-13H2,1-6H3/t16-/m1/s1. The zero-order chi connectivity index (χ0) is 22.1. The number of aromatic nitrogens is 2. The number of amides is 1. The van der Waals surface area contributed by atoms with Crippen LogP contribution in [-0.2, 0) is 27.2 Å². The molecule has 1 saturated heterocycles. The zero-order valence-corrected chi connectivity index (χ0v) is 18.8. The molecule has 1 fully saturated rings. The first-order chi connectivity index (χ1) is 13.9. The number of hydrogen-bond donors (Lipinski definition) is 1. The Kier molecular flexibility index (Phi) is 6.21. The summed E-state index contributed by atoms with van der Waals surface area (Å²) in [6.45, 7) is 14.0. The quantitative estimate of drug-likeness (QED) is 0.726. The molecule has 0 saturated carbocycles. The third-order valence-electron chi connectivity index (χ3n) is 4.72. The molecule has 9 nitrogen and oxygen atoms in total. The topological polar surface area (TPSA) is 96.9 Å². The van der Waals surface area contributed by atoms with Crippen molar-refractivity contribution in [2.24, 2.45) is 0 Å². The van der Waals surface area contributed by atoms with Gasteiger partial charge in [0.05, 0.1) is 12.2 Å². The summed E-state index contributed by atoms with van der Waals surface area (Å²) in [5.74, 6) is 0.340. The Morgan fingerprint density at radius 3 is 2.47 bits per heavy atom. The summed E-state index contributed by atoms with van der Waals surface area (Å²) in [7, 11) is 0. The number of hydrogen-bond acceptors (Lipinski definition) is 8. The smallest absolute Gasteiger partial charge is 0.410 e. The molecule has 3 rings (SSSR count). The molecule has 0 unspecified atom stereocenters. The van der Waals surface area contributed by atoms with Crippen molar-refractivity contribution in [1.82, 2.24) is 20.2 Å². The van der Waals surface area contributed by atoms with Crippen LogP contribution in [0.4, 0.5) is 10.7 Å². The first-order valence-electron chi connectivity index (χ1n) is 10.5. The van der Waals surface area contributed by atoms with Gasteiger partial charge in [-0.15, -0.1) is 0 Å². The Morgan fingerprint density at radius 1 is 1.10 bits per heavy atom. The number of piperazine rings is 1. The molecule has 0 bridgehead atoms. The number of anilines is 1. The van der Waals surface area contributed by atoms with Gasteiger partial charge in [-0.25, -0.2) is 14.8 Å². The van der Waals surface area contributed by atoms with Crippen molar-refractivity contribution in [3.8, 4) is 0 Å². The number of fused-ring (bicyclic) bond motifs is 1. The Hall–Kier alpha value is -2.42. The van der Waals surface area contributed by atoms with Gasteiger partial charge in [-0.2, -0.15) is 0 Å². The molecule has 0 radical (unpaired) electrons. The van der Waals surface area contributed by atoms with Crippen molar-refractivity contribution in [3.63, 3.8) is 0 Å². The van der Waals surface area contributed by atoms with Crippen molar-refractivity contribution in [3.05, 3.63) is 17.5 Å². The monoisotopic (exact) mass is 419 g/mol. The molecular weight excluding hydrogens is 386 g/mol. The molecular formula is C21H33N5O4. The van der Waals surface area contributed by atoms with E-state index < -0.39 is 17.2 Å². The minimum Gasteiger partial charge on any atom is -0.459 e. The average Bonchev–Trinajstić information content (AvgIpc) is 2.64. The third-order valence-corrected chi connectivity index (χ3v) is 4.72. The molecule has 0 aromatic carbocycles. The molecule has 0 aliphatic carbocycles. The van der Waals surface area contributed by atoms with Gasteiger partial charge in [0.25, 0.3) is 0 Å². The highest BCUT2D eigenvalue weighted by Crippen LogP contribution is 2.22. The van der Waals surface area contributed by atoms with Crippen LogP contribution in [0.25, 0.3) is 0 Å². The molecule has 30 heavy (non-hydrogen) atoms. The zero-order valence-electron chi connectivity index (χ0n) is 18.8. The third kappa shape index (κ3) is 5.81. The maximum absolute atomic E-state index is 12.4. The van der Waals surface area contributed by atoms with E-state index in [1.54, 1.807) is 11.1 Å². The fourth-order valence-corrected chi connectivity index (χ4v) is 3.40. The van der Waals surface area contributed by atoms with Crippen molar-refractivity contribution >= 4 is 18.0 Å². The van der Waals surface area contributed by atoms with Crippen molar-refractivity contribution < 1.29 is 19.1 Å². The summed E-state index contributed by atoms with van der Waals surface area (Å²) in [4.78, 5) is 37.7. The SMILES string of the molecule is CC(C)(C)OC(=O)[C@H]1CN(c2ncc3c(n2)CCN(C(=O)OC(C)(C)C)C3)CCN1. The minimum absolute atomic E-state index is 0.266. The fraction of sp³-hybridized carbons (Fsp3) is 0.714. The Balaban J connectivity index is 1.66. The first-order valence-corrected chi connectivity index (χ1v) is 10.5. The van der Waals surface area contributed by atoms with E-state index in [1.165, 1.54) is 0 Å². The molecule has 2 aliphatic rings. The molecule has 9 heteroatoms. The molecule has 1 aromatic heterocycles. The second-order valence-electron chi connectivity index (χ2n) is 9.78. The summed E-state index contributed by atoms with van der Waals surface area (Å²) in [6, 6.07) is -0.416. The van der Waals surface area contributed by atoms with Gasteiger partial charge in [-0.1, -0.05) is 0 Å². The van der Waals surface area contributed by atoms with E-state index >= 15 is 0 Å². The lowest BCUT2D eigenvalue weighted by molar-refractivity contribution is -0.157. The summed E-state index contributed by atoms with van der Waals surface area (Å²) < 4.78 is 11.0. The number of carbonyl (C=O) groups excluding carboxylic acids is 2. The van der Waals surface area contributed by atoms with E-state index in [-0.39, 0.29) is 12.1 Å². The highest BCUT2D eigenvalue weighted by atomic mass is 16.6. The largest absolute Gasteiger partial charge is 0.459 e. The number of ether oxygens (including phenoxy) is 2. The van der Waals surface area contributed by atoms with E-state index in [9.17, 15) is 9.59 Å². The van der Waals surface area contributed by atoms with Crippen LogP contribution < -0.4 is 10.2 Å². The predicted molar refractivity (Wildman–Crippen MR) is 112 cm³/mol. The van der Waals surface area contributed by atoms with Crippen molar-refractivity contribution in [2.75, 3.05) is 31.1 Å². The summed E-state index contributed by atoms with van der Waals surface area (Å²) >= 11 is 0. The second kappa shape index (κ2) is 8.37. The molecule has 1 amide bonds. The van der Waals surface area contributed by atoms with Crippen molar-refractivity contribution in [2.45, 2.75) is 71.8 Å². The molecule has 166 valence electrons. The lowest BCUT2D eigenvalue weighted by Crippen LogP contribution is -2.56. The number of carbonyl (C=O) groups is 2. The summed E-state index contributed by atoms with van der Waals surface area (Å²) in [5, 5.41) is 3.21. The Bertz CT molecular complexity index is 800. The number of esters is 1. The van der Waals surface area contributed by atoms with Crippen molar-refractivity contribution in [1.29, 1.82) is 0 Å². The van der Waals surface area contributed by atoms with Gasteiger partial charge >= 0.3 is 12.1 Å². The van der Waals surface area contributed by atoms with Crippen LogP contribution in [0.1, 0.15) is 52.8 Å². The lowest BCUT2D eigenvalue weighted by atomic mass is 10.1. The number of nitrogens with one attached hydrogen (secondary N) is 1. The Morgan fingerprint density at radius 2 is 1.80 bits per heavy atom. The summed E-state index contributed by atoms with van der Waals surface area (Å²) in [5.41, 5.74) is 0.815. The number of rotatable bonds is 2. The molecule has 2 aliphatic heterocycles. The first kappa shape index (κ1) is 22.3. The maximum Gasteiger partial charge on any atom is 0.410 e. The molecule has 1 aromatic rings. The van der Waals surface area contributed by atoms with Gasteiger partial charge < -0.3 is 24.6 Å².